The Balaban J connectivity index is 1.82. The SMILES string of the molecule is O=C(O)C1CC1c1nc(-c2cccs2)cs1. The standard InChI is InChI=1S/C11H9NO2S2/c13-11(14)7-4-6(7)10-12-8(5-16-10)9-2-1-3-15-9/h1-3,5-7H,4H2,(H,13,14). The normalized spacial score (nSPS) is 23.2. The van der Waals surface area contributed by atoms with Crippen molar-refractivity contribution in [3.05, 3.63) is 27.9 Å². The number of hydrogen-bond donors (Lipinski definition) is 1. The summed E-state index contributed by atoms with van der Waals surface area (Å²) < 4.78 is 0. The van der Waals surface area contributed by atoms with Crippen molar-refractivity contribution in [2.24, 2.45) is 5.92 Å². The summed E-state index contributed by atoms with van der Waals surface area (Å²) in [5, 5.41) is 13.9. The van der Waals surface area contributed by atoms with E-state index in [0.717, 1.165) is 22.0 Å². The Morgan fingerprint density at radius 3 is 3.00 bits per heavy atom. The number of nitrogens with zero attached hydrogens (tertiary/aromatic N) is 1. The lowest BCUT2D eigenvalue weighted by molar-refractivity contribution is -0.138. The average Bonchev–Trinajstić information content (AvgIpc) is 2.72. The van der Waals surface area contributed by atoms with Crippen LogP contribution in [-0.4, -0.2) is 16.1 Å². The van der Waals surface area contributed by atoms with E-state index in [1.54, 1.807) is 22.7 Å². The summed E-state index contributed by atoms with van der Waals surface area (Å²) in [4.78, 5) is 16.4. The quantitative estimate of drug-likeness (QED) is 0.912. The molecule has 1 aliphatic carbocycles. The predicted molar refractivity (Wildman–Crippen MR) is 63.9 cm³/mol. The summed E-state index contributed by atoms with van der Waals surface area (Å²) in [6.45, 7) is 0. The average molecular weight is 251 g/mol. The van der Waals surface area contributed by atoms with Crippen molar-refractivity contribution in [3.8, 4) is 10.6 Å². The van der Waals surface area contributed by atoms with E-state index in [9.17, 15) is 4.79 Å². The van der Waals surface area contributed by atoms with Gasteiger partial charge in [-0.3, -0.25) is 4.79 Å². The van der Waals surface area contributed by atoms with Gasteiger partial charge < -0.3 is 5.11 Å². The number of carboxylic acids is 1. The molecule has 3 nitrogen and oxygen atoms in total. The molecule has 0 saturated heterocycles. The Bertz CT molecular complexity index is 518. The zero-order valence-corrected chi connectivity index (χ0v) is 9.92. The van der Waals surface area contributed by atoms with Gasteiger partial charge in [-0.05, 0) is 17.9 Å². The highest BCUT2D eigenvalue weighted by Crippen LogP contribution is 2.49. The van der Waals surface area contributed by atoms with Gasteiger partial charge in [0.25, 0.3) is 0 Å². The van der Waals surface area contributed by atoms with Crippen LogP contribution in [0.5, 0.6) is 0 Å². The maximum Gasteiger partial charge on any atom is 0.307 e. The van der Waals surface area contributed by atoms with Gasteiger partial charge in [0.15, 0.2) is 0 Å². The van der Waals surface area contributed by atoms with Gasteiger partial charge >= 0.3 is 5.97 Å². The second kappa shape index (κ2) is 3.68. The lowest BCUT2D eigenvalue weighted by Crippen LogP contribution is -1.98. The van der Waals surface area contributed by atoms with E-state index in [1.165, 1.54) is 0 Å². The first-order valence-corrected chi connectivity index (χ1v) is 6.74. The Hall–Kier alpha value is -1.20. The highest BCUT2D eigenvalue weighted by molar-refractivity contribution is 7.14. The molecule has 16 heavy (non-hydrogen) atoms. The van der Waals surface area contributed by atoms with Crippen LogP contribution in [0.3, 0.4) is 0 Å². The summed E-state index contributed by atoms with van der Waals surface area (Å²) in [7, 11) is 0. The van der Waals surface area contributed by atoms with Crippen molar-refractivity contribution in [3.63, 3.8) is 0 Å². The monoisotopic (exact) mass is 251 g/mol. The molecule has 0 aromatic carbocycles. The minimum atomic E-state index is -0.696. The number of carbonyl (C=O) groups is 1. The molecule has 0 radical (unpaired) electrons. The highest BCUT2D eigenvalue weighted by Gasteiger charge is 2.46. The van der Waals surface area contributed by atoms with Crippen molar-refractivity contribution in [2.45, 2.75) is 12.3 Å². The van der Waals surface area contributed by atoms with Crippen LogP contribution < -0.4 is 0 Å². The van der Waals surface area contributed by atoms with Gasteiger partial charge in [0.05, 0.1) is 21.5 Å². The van der Waals surface area contributed by atoms with Crippen LogP contribution in [0.4, 0.5) is 0 Å². The van der Waals surface area contributed by atoms with Crippen molar-refractivity contribution < 1.29 is 9.90 Å². The smallest absolute Gasteiger partial charge is 0.307 e. The fourth-order valence-electron chi connectivity index (χ4n) is 1.74. The number of thiazole rings is 1. The summed E-state index contributed by atoms with van der Waals surface area (Å²) in [5.74, 6) is -0.753. The molecule has 2 heterocycles. The number of hydrogen-bond acceptors (Lipinski definition) is 4. The third-order valence-electron chi connectivity index (χ3n) is 2.72. The van der Waals surface area contributed by atoms with Gasteiger partial charge in [0.1, 0.15) is 0 Å². The molecule has 2 unspecified atom stereocenters. The topological polar surface area (TPSA) is 50.2 Å². The molecular formula is C11H9NO2S2. The van der Waals surface area contributed by atoms with E-state index >= 15 is 0 Å². The number of carboxylic acid groups (broad SMARTS) is 1. The van der Waals surface area contributed by atoms with Crippen LogP contribution in [0.25, 0.3) is 10.6 Å². The van der Waals surface area contributed by atoms with Gasteiger partial charge in [0.2, 0.25) is 0 Å². The Labute approximate surface area is 100 Å². The van der Waals surface area contributed by atoms with Crippen LogP contribution in [0, 0.1) is 5.92 Å². The molecule has 5 heteroatoms. The second-order valence-electron chi connectivity index (χ2n) is 3.84. The van der Waals surface area contributed by atoms with E-state index in [0.29, 0.717) is 0 Å². The lowest BCUT2D eigenvalue weighted by Gasteiger charge is -1.90. The Morgan fingerprint density at radius 1 is 1.50 bits per heavy atom. The second-order valence-corrected chi connectivity index (χ2v) is 5.67. The molecular weight excluding hydrogens is 242 g/mol. The van der Waals surface area contributed by atoms with Crippen molar-refractivity contribution in [1.29, 1.82) is 0 Å². The van der Waals surface area contributed by atoms with E-state index in [4.69, 9.17) is 5.11 Å². The zero-order chi connectivity index (χ0) is 11.1. The predicted octanol–water partition coefficient (Wildman–Crippen LogP) is 3.06. The third-order valence-corrected chi connectivity index (χ3v) is 4.59. The van der Waals surface area contributed by atoms with E-state index in [-0.39, 0.29) is 11.8 Å². The summed E-state index contributed by atoms with van der Waals surface area (Å²) in [6.07, 6.45) is 0.743. The van der Waals surface area contributed by atoms with Crippen LogP contribution in [-0.2, 0) is 4.79 Å². The van der Waals surface area contributed by atoms with Crippen LogP contribution in [0.15, 0.2) is 22.9 Å². The molecule has 1 aliphatic rings. The fourth-order valence-corrected chi connectivity index (χ4v) is 3.50. The zero-order valence-electron chi connectivity index (χ0n) is 8.29. The van der Waals surface area contributed by atoms with Gasteiger partial charge in [0, 0.05) is 11.3 Å². The highest BCUT2D eigenvalue weighted by atomic mass is 32.1. The molecule has 3 rings (SSSR count). The Kier molecular flexibility index (Phi) is 2.29. The molecule has 0 spiro atoms. The van der Waals surface area contributed by atoms with Crippen molar-refractivity contribution in [1.82, 2.24) is 4.98 Å². The maximum absolute atomic E-state index is 10.8. The molecule has 2 atom stereocenters. The summed E-state index contributed by atoms with van der Waals surface area (Å²) in [6, 6.07) is 4.03. The van der Waals surface area contributed by atoms with Gasteiger partial charge in [-0.15, -0.1) is 22.7 Å². The molecule has 82 valence electrons. The Morgan fingerprint density at radius 2 is 2.38 bits per heavy atom. The molecule has 2 aromatic rings. The summed E-state index contributed by atoms with van der Waals surface area (Å²) >= 11 is 3.23. The minimum absolute atomic E-state index is 0.149. The largest absolute Gasteiger partial charge is 0.481 e. The minimum Gasteiger partial charge on any atom is -0.481 e. The molecule has 2 aromatic heterocycles. The summed E-state index contributed by atoms with van der Waals surface area (Å²) in [5.41, 5.74) is 0.978. The first kappa shape index (κ1) is 9.99. The molecule has 1 saturated carbocycles. The number of thiophene rings is 1. The first-order chi connectivity index (χ1) is 7.75. The van der Waals surface area contributed by atoms with Crippen LogP contribution >= 0.6 is 22.7 Å². The molecule has 1 fully saturated rings. The van der Waals surface area contributed by atoms with Gasteiger partial charge in [-0.25, -0.2) is 4.98 Å². The van der Waals surface area contributed by atoms with Gasteiger partial charge in [-0.2, -0.15) is 0 Å². The van der Waals surface area contributed by atoms with E-state index in [1.807, 2.05) is 22.9 Å². The fraction of sp³-hybridized carbons (Fsp3) is 0.273. The molecule has 0 amide bonds. The van der Waals surface area contributed by atoms with Crippen molar-refractivity contribution >= 4 is 28.6 Å². The maximum atomic E-state index is 10.8. The first-order valence-electron chi connectivity index (χ1n) is 4.98. The van der Waals surface area contributed by atoms with E-state index < -0.39 is 5.97 Å². The molecule has 0 aliphatic heterocycles. The number of rotatable bonds is 3. The van der Waals surface area contributed by atoms with Crippen molar-refractivity contribution in [2.75, 3.05) is 0 Å². The third kappa shape index (κ3) is 1.66. The number of aliphatic carboxylic acids is 1. The lowest BCUT2D eigenvalue weighted by atomic mass is 10.3. The van der Waals surface area contributed by atoms with Crippen LogP contribution in [0.2, 0.25) is 0 Å². The van der Waals surface area contributed by atoms with Crippen LogP contribution in [0.1, 0.15) is 17.3 Å². The van der Waals surface area contributed by atoms with E-state index in [2.05, 4.69) is 4.98 Å². The molecule has 0 bridgehead atoms. The molecule has 1 N–H and O–H groups in total. The number of aromatic nitrogens is 1. The van der Waals surface area contributed by atoms with Gasteiger partial charge in [-0.1, -0.05) is 6.07 Å².